The molecular weight excluding hydrogens is 392 g/mol. The van der Waals surface area contributed by atoms with Gasteiger partial charge in [-0.1, -0.05) is 52.9 Å². The first-order valence-corrected chi connectivity index (χ1v) is 11.5. The van der Waals surface area contributed by atoms with Crippen molar-refractivity contribution in [3.8, 4) is 22.9 Å². The van der Waals surface area contributed by atoms with Crippen molar-refractivity contribution < 1.29 is 19.0 Å². The van der Waals surface area contributed by atoms with Crippen LogP contribution < -0.4 is 9.47 Å². The van der Waals surface area contributed by atoms with Crippen LogP contribution in [-0.4, -0.2) is 29.3 Å². The lowest BCUT2D eigenvalue weighted by Gasteiger charge is -2.09. The van der Waals surface area contributed by atoms with Crippen LogP contribution in [-0.2, 0) is 9.53 Å². The van der Waals surface area contributed by atoms with Crippen molar-refractivity contribution in [1.29, 1.82) is 0 Å². The van der Waals surface area contributed by atoms with Gasteiger partial charge in [0.1, 0.15) is 5.75 Å². The molecule has 1 heterocycles. The number of hydrogen-bond donors (Lipinski definition) is 0. The van der Waals surface area contributed by atoms with Crippen LogP contribution in [0.2, 0.25) is 0 Å². The van der Waals surface area contributed by atoms with Gasteiger partial charge in [0.2, 0.25) is 0 Å². The van der Waals surface area contributed by atoms with Crippen molar-refractivity contribution in [3.05, 3.63) is 36.7 Å². The average molecular weight is 429 g/mol. The Balaban J connectivity index is 1.72. The zero-order chi connectivity index (χ0) is 22.3. The maximum atomic E-state index is 11.9. The molecule has 2 rings (SSSR count). The number of hydrogen-bond acceptors (Lipinski definition) is 6. The predicted molar refractivity (Wildman–Crippen MR) is 122 cm³/mol. The molecule has 31 heavy (non-hydrogen) atoms. The highest BCUT2D eigenvalue weighted by atomic mass is 16.7. The Labute approximate surface area is 186 Å². The molecule has 0 spiro atoms. The molecule has 0 N–H and O–H groups in total. The first-order chi connectivity index (χ1) is 15.1. The van der Waals surface area contributed by atoms with Gasteiger partial charge >= 0.3 is 5.97 Å². The summed E-state index contributed by atoms with van der Waals surface area (Å²) in [5.41, 5.74) is 0.842. The van der Waals surface area contributed by atoms with Crippen LogP contribution >= 0.6 is 0 Å². The highest BCUT2D eigenvalue weighted by Crippen LogP contribution is 2.21. The van der Waals surface area contributed by atoms with Gasteiger partial charge in [0.15, 0.2) is 18.4 Å². The standard InChI is InChI=1S/C25H36N2O4/c1-4-6-7-8-9-16-29-19-30-23-17-26-25(27-18-23)21-11-13-22(14-12-21)31-24(28)15-10-20(3)5-2/h11-14,17-18,20H,4-10,15-16,19H2,1-3H3. The molecule has 0 aliphatic carbocycles. The number of esters is 1. The lowest BCUT2D eigenvalue weighted by atomic mass is 10.0. The molecule has 1 atom stereocenters. The number of unbranched alkanes of at least 4 members (excludes halogenated alkanes) is 4. The Morgan fingerprint density at radius 2 is 1.68 bits per heavy atom. The molecule has 6 nitrogen and oxygen atoms in total. The fourth-order valence-corrected chi connectivity index (χ4v) is 2.94. The summed E-state index contributed by atoms with van der Waals surface area (Å²) in [6.07, 6.45) is 11.7. The Bertz CT molecular complexity index is 747. The second kappa shape index (κ2) is 14.5. The van der Waals surface area contributed by atoms with E-state index in [0.29, 0.717) is 36.3 Å². The lowest BCUT2D eigenvalue weighted by molar-refractivity contribution is -0.134. The van der Waals surface area contributed by atoms with Crippen LogP contribution in [0.4, 0.5) is 0 Å². The van der Waals surface area contributed by atoms with Crippen molar-refractivity contribution in [3.63, 3.8) is 0 Å². The average Bonchev–Trinajstić information content (AvgIpc) is 2.80. The normalized spacial score (nSPS) is 11.8. The quantitative estimate of drug-likeness (QED) is 0.146. The Hall–Kier alpha value is -2.47. The summed E-state index contributed by atoms with van der Waals surface area (Å²) in [6.45, 7) is 7.38. The summed E-state index contributed by atoms with van der Waals surface area (Å²) in [5, 5.41) is 0. The minimum Gasteiger partial charge on any atom is -0.464 e. The first-order valence-electron chi connectivity index (χ1n) is 11.5. The molecule has 0 aliphatic heterocycles. The van der Waals surface area contributed by atoms with Gasteiger partial charge < -0.3 is 14.2 Å². The largest absolute Gasteiger partial charge is 0.464 e. The molecule has 1 aromatic heterocycles. The molecule has 0 fully saturated rings. The van der Waals surface area contributed by atoms with Crippen LogP contribution in [0, 0.1) is 5.92 Å². The van der Waals surface area contributed by atoms with Crippen molar-refractivity contribution in [1.82, 2.24) is 9.97 Å². The maximum absolute atomic E-state index is 11.9. The minimum absolute atomic E-state index is 0.200. The number of rotatable bonds is 15. The highest BCUT2D eigenvalue weighted by molar-refractivity contribution is 5.72. The molecule has 6 heteroatoms. The van der Waals surface area contributed by atoms with Gasteiger partial charge in [-0.15, -0.1) is 0 Å². The first kappa shape index (κ1) is 24.8. The summed E-state index contributed by atoms with van der Waals surface area (Å²) in [5.74, 6) is 2.01. The number of aromatic nitrogens is 2. The molecule has 0 bridgehead atoms. The van der Waals surface area contributed by atoms with Crippen molar-refractivity contribution in [2.24, 2.45) is 5.92 Å². The fraction of sp³-hybridized carbons (Fsp3) is 0.560. The van der Waals surface area contributed by atoms with E-state index in [1.165, 1.54) is 25.7 Å². The number of carbonyl (C=O) groups is 1. The van der Waals surface area contributed by atoms with Crippen LogP contribution in [0.5, 0.6) is 11.5 Å². The smallest absolute Gasteiger partial charge is 0.311 e. The molecule has 170 valence electrons. The van der Waals surface area contributed by atoms with Crippen LogP contribution in [0.3, 0.4) is 0 Å². The van der Waals surface area contributed by atoms with Crippen LogP contribution in [0.1, 0.15) is 72.1 Å². The summed E-state index contributed by atoms with van der Waals surface area (Å²) < 4.78 is 16.4. The van der Waals surface area contributed by atoms with E-state index in [0.717, 1.165) is 24.8 Å². The molecular formula is C25H36N2O4. The van der Waals surface area contributed by atoms with Gasteiger partial charge in [0, 0.05) is 12.0 Å². The Morgan fingerprint density at radius 3 is 2.35 bits per heavy atom. The second-order valence-electron chi connectivity index (χ2n) is 7.88. The van der Waals surface area contributed by atoms with Crippen molar-refractivity contribution in [2.75, 3.05) is 13.4 Å². The molecule has 0 radical (unpaired) electrons. The van der Waals surface area contributed by atoms with Gasteiger partial charge in [-0.25, -0.2) is 9.97 Å². The van der Waals surface area contributed by atoms with Gasteiger partial charge in [0.25, 0.3) is 0 Å². The third-order valence-corrected chi connectivity index (χ3v) is 5.21. The monoisotopic (exact) mass is 428 g/mol. The summed E-state index contributed by atoms with van der Waals surface area (Å²) in [6, 6.07) is 7.21. The van der Waals surface area contributed by atoms with E-state index in [1.54, 1.807) is 24.5 Å². The third-order valence-electron chi connectivity index (χ3n) is 5.21. The van der Waals surface area contributed by atoms with Gasteiger partial charge in [-0.05, 0) is 43.0 Å². The van der Waals surface area contributed by atoms with E-state index >= 15 is 0 Å². The summed E-state index contributed by atoms with van der Waals surface area (Å²) >= 11 is 0. The van der Waals surface area contributed by atoms with E-state index in [1.807, 2.05) is 12.1 Å². The molecule has 2 aromatic rings. The lowest BCUT2D eigenvalue weighted by Crippen LogP contribution is -2.09. The van der Waals surface area contributed by atoms with Gasteiger partial charge in [-0.2, -0.15) is 0 Å². The van der Waals surface area contributed by atoms with E-state index in [-0.39, 0.29) is 12.8 Å². The molecule has 1 unspecified atom stereocenters. The molecule has 0 saturated heterocycles. The topological polar surface area (TPSA) is 70.5 Å². The predicted octanol–water partition coefficient (Wildman–Crippen LogP) is 6.20. The number of benzene rings is 1. The number of carbonyl (C=O) groups excluding carboxylic acids is 1. The van der Waals surface area contributed by atoms with Crippen LogP contribution in [0.15, 0.2) is 36.7 Å². The Kier molecular flexibility index (Phi) is 11.6. The SMILES string of the molecule is CCCCCCCOCOc1cnc(-c2ccc(OC(=O)CCC(C)CC)cc2)nc1. The Morgan fingerprint density at radius 1 is 0.968 bits per heavy atom. The molecule has 1 aromatic carbocycles. The van der Waals surface area contributed by atoms with Crippen molar-refractivity contribution >= 4 is 5.97 Å². The van der Waals surface area contributed by atoms with Gasteiger partial charge in [0.05, 0.1) is 19.0 Å². The third kappa shape index (κ3) is 9.92. The van der Waals surface area contributed by atoms with Crippen molar-refractivity contribution in [2.45, 2.75) is 72.1 Å². The summed E-state index contributed by atoms with van der Waals surface area (Å²) in [7, 11) is 0. The molecule has 0 amide bonds. The van der Waals surface area contributed by atoms with Crippen LogP contribution in [0.25, 0.3) is 11.4 Å². The van der Waals surface area contributed by atoms with E-state index in [9.17, 15) is 4.79 Å². The minimum atomic E-state index is -0.200. The maximum Gasteiger partial charge on any atom is 0.311 e. The van der Waals surface area contributed by atoms with E-state index in [4.69, 9.17) is 14.2 Å². The number of ether oxygens (including phenoxy) is 3. The second-order valence-corrected chi connectivity index (χ2v) is 7.88. The molecule has 0 aliphatic rings. The van der Waals surface area contributed by atoms with Gasteiger partial charge in [-0.3, -0.25) is 4.79 Å². The van der Waals surface area contributed by atoms with E-state index in [2.05, 4.69) is 30.7 Å². The molecule has 0 saturated carbocycles. The summed E-state index contributed by atoms with van der Waals surface area (Å²) in [4.78, 5) is 20.6. The highest BCUT2D eigenvalue weighted by Gasteiger charge is 2.09. The zero-order valence-corrected chi connectivity index (χ0v) is 19.1. The van der Waals surface area contributed by atoms with E-state index < -0.39 is 0 Å². The number of nitrogens with zero attached hydrogens (tertiary/aromatic N) is 2. The fourth-order valence-electron chi connectivity index (χ4n) is 2.94. The zero-order valence-electron chi connectivity index (χ0n) is 19.1.